The van der Waals surface area contributed by atoms with Gasteiger partial charge in [-0.3, -0.25) is 9.78 Å². The number of nitrogens with one attached hydrogen (secondary N) is 2. The highest BCUT2D eigenvalue weighted by molar-refractivity contribution is 6.30. The van der Waals surface area contributed by atoms with Crippen molar-refractivity contribution in [2.75, 3.05) is 13.1 Å². The molecule has 6 nitrogen and oxygen atoms in total. The number of hydrogen-bond acceptors (Lipinski definition) is 3. The van der Waals surface area contributed by atoms with E-state index in [1.54, 1.807) is 17.0 Å². The molecule has 0 saturated carbocycles. The molecule has 0 radical (unpaired) electrons. The van der Waals surface area contributed by atoms with E-state index in [-0.39, 0.29) is 17.5 Å². The molecule has 0 aliphatic carbocycles. The van der Waals surface area contributed by atoms with Crippen molar-refractivity contribution in [3.05, 3.63) is 63.2 Å². The van der Waals surface area contributed by atoms with E-state index in [0.717, 1.165) is 12.0 Å². The molecule has 0 bridgehead atoms. The summed E-state index contributed by atoms with van der Waals surface area (Å²) in [7, 11) is 0. The van der Waals surface area contributed by atoms with E-state index in [1.165, 1.54) is 0 Å². The van der Waals surface area contributed by atoms with Gasteiger partial charge in [0.1, 0.15) is 5.69 Å². The van der Waals surface area contributed by atoms with Crippen molar-refractivity contribution in [2.24, 2.45) is 0 Å². The van der Waals surface area contributed by atoms with Crippen LogP contribution in [0.3, 0.4) is 0 Å². The van der Waals surface area contributed by atoms with Crippen LogP contribution in [0.5, 0.6) is 0 Å². The Morgan fingerprint density at radius 1 is 1.25 bits per heavy atom. The Balaban J connectivity index is 1.55. The van der Waals surface area contributed by atoms with Gasteiger partial charge in [-0.1, -0.05) is 23.7 Å². The fourth-order valence-electron chi connectivity index (χ4n) is 3.17. The summed E-state index contributed by atoms with van der Waals surface area (Å²) < 4.78 is 0. The maximum atomic E-state index is 12.7. The Bertz CT molecular complexity index is 978. The van der Waals surface area contributed by atoms with Gasteiger partial charge in [0, 0.05) is 24.0 Å². The van der Waals surface area contributed by atoms with Gasteiger partial charge < -0.3 is 9.88 Å². The molecule has 7 heteroatoms. The number of imidazole rings is 1. The standard InChI is InChI=1S/C17H15ClN4O2/c18-12-3-1-2-10(8-12)11-6-7-22(9-11)16(23)14-5-4-13-15(19-14)21-17(24)20-13/h1-5,8,11H,6-7,9H2,(H2,19,20,21,24). The van der Waals surface area contributed by atoms with Gasteiger partial charge in [-0.05, 0) is 36.2 Å². The molecule has 3 aromatic rings. The fourth-order valence-corrected chi connectivity index (χ4v) is 3.37. The zero-order valence-corrected chi connectivity index (χ0v) is 13.5. The molecule has 1 unspecified atom stereocenters. The molecule has 24 heavy (non-hydrogen) atoms. The van der Waals surface area contributed by atoms with Gasteiger partial charge in [0.25, 0.3) is 5.91 Å². The summed E-state index contributed by atoms with van der Waals surface area (Å²) in [6.07, 6.45) is 0.898. The zero-order valence-electron chi connectivity index (χ0n) is 12.8. The molecule has 1 amide bonds. The second-order valence-electron chi connectivity index (χ2n) is 5.96. The van der Waals surface area contributed by atoms with E-state index in [9.17, 15) is 9.59 Å². The summed E-state index contributed by atoms with van der Waals surface area (Å²) in [5.41, 5.74) is 2.15. The molecule has 122 valence electrons. The normalized spacial score (nSPS) is 17.5. The van der Waals surface area contributed by atoms with Crippen molar-refractivity contribution in [2.45, 2.75) is 12.3 Å². The van der Waals surface area contributed by atoms with Crippen molar-refractivity contribution in [1.82, 2.24) is 19.9 Å². The molecule has 2 N–H and O–H groups in total. The van der Waals surface area contributed by atoms with Crippen LogP contribution in [0, 0.1) is 0 Å². The molecule has 3 heterocycles. The molecule has 4 rings (SSSR count). The van der Waals surface area contributed by atoms with Crippen LogP contribution < -0.4 is 5.69 Å². The highest BCUT2D eigenvalue weighted by Gasteiger charge is 2.28. The molecule has 1 aliphatic heterocycles. The smallest absolute Gasteiger partial charge is 0.325 e. The Kier molecular flexibility index (Phi) is 3.61. The lowest BCUT2D eigenvalue weighted by Gasteiger charge is -2.16. The average molecular weight is 343 g/mol. The van der Waals surface area contributed by atoms with E-state index in [2.05, 4.69) is 15.0 Å². The molecule has 2 aromatic heterocycles. The Labute approximate surface area is 142 Å². The average Bonchev–Trinajstić information content (AvgIpc) is 3.19. The van der Waals surface area contributed by atoms with Gasteiger partial charge in [0.2, 0.25) is 0 Å². The first kappa shape index (κ1) is 15.0. The van der Waals surface area contributed by atoms with Crippen molar-refractivity contribution < 1.29 is 4.79 Å². The largest absolute Gasteiger partial charge is 0.337 e. The number of carbonyl (C=O) groups excluding carboxylic acids is 1. The lowest BCUT2D eigenvalue weighted by molar-refractivity contribution is 0.0785. The van der Waals surface area contributed by atoms with Crippen LogP contribution in [0.25, 0.3) is 11.2 Å². The number of nitrogens with zero attached hydrogens (tertiary/aromatic N) is 2. The monoisotopic (exact) mass is 342 g/mol. The number of aromatic amines is 2. The lowest BCUT2D eigenvalue weighted by Crippen LogP contribution is -2.29. The topological polar surface area (TPSA) is 81.8 Å². The number of hydrogen-bond donors (Lipinski definition) is 2. The van der Waals surface area contributed by atoms with E-state index in [4.69, 9.17) is 11.6 Å². The number of amides is 1. The van der Waals surface area contributed by atoms with Crippen LogP contribution in [-0.4, -0.2) is 38.8 Å². The van der Waals surface area contributed by atoms with Crippen molar-refractivity contribution in [3.63, 3.8) is 0 Å². The molecule has 1 atom stereocenters. The number of halogens is 1. The first-order chi connectivity index (χ1) is 11.6. The molecule has 1 fully saturated rings. The van der Waals surface area contributed by atoms with Crippen LogP contribution >= 0.6 is 11.6 Å². The minimum Gasteiger partial charge on any atom is -0.337 e. The van der Waals surface area contributed by atoms with Crippen LogP contribution in [0.2, 0.25) is 5.02 Å². The number of carbonyl (C=O) groups is 1. The van der Waals surface area contributed by atoms with E-state index < -0.39 is 0 Å². The summed E-state index contributed by atoms with van der Waals surface area (Å²) in [5.74, 6) is 0.159. The quantitative estimate of drug-likeness (QED) is 0.750. The first-order valence-electron chi connectivity index (χ1n) is 7.74. The van der Waals surface area contributed by atoms with Gasteiger partial charge in [0.05, 0.1) is 5.52 Å². The maximum absolute atomic E-state index is 12.7. The summed E-state index contributed by atoms with van der Waals surface area (Å²) in [6.45, 7) is 1.32. The van der Waals surface area contributed by atoms with E-state index >= 15 is 0 Å². The van der Waals surface area contributed by atoms with Gasteiger partial charge in [-0.25, -0.2) is 9.78 Å². The minimum absolute atomic E-state index is 0.122. The van der Waals surface area contributed by atoms with Crippen LogP contribution in [0.15, 0.2) is 41.2 Å². The molecular formula is C17H15ClN4O2. The third-order valence-electron chi connectivity index (χ3n) is 4.39. The Hall–Kier alpha value is -2.60. The molecule has 0 spiro atoms. The van der Waals surface area contributed by atoms with Gasteiger partial charge >= 0.3 is 5.69 Å². The first-order valence-corrected chi connectivity index (χ1v) is 8.12. The molecule has 1 aliphatic rings. The maximum Gasteiger partial charge on any atom is 0.325 e. The minimum atomic E-state index is -0.329. The third kappa shape index (κ3) is 2.69. The fraction of sp³-hybridized carbons (Fsp3) is 0.235. The van der Waals surface area contributed by atoms with Crippen LogP contribution in [0.1, 0.15) is 28.4 Å². The number of fused-ring (bicyclic) bond motifs is 1. The predicted molar refractivity (Wildman–Crippen MR) is 91.4 cm³/mol. The number of rotatable bonds is 2. The van der Waals surface area contributed by atoms with E-state index in [0.29, 0.717) is 35.0 Å². The van der Waals surface area contributed by atoms with Gasteiger partial charge in [0.15, 0.2) is 5.65 Å². The zero-order chi connectivity index (χ0) is 16.7. The highest BCUT2D eigenvalue weighted by Crippen LogP contribution is 2.29. The highest BCUT2D eigenvalue weighted by atomic mass is 35.5. The van der Waals surface area contributed by atoms with Crippen LogP contribution in [-0.2, 0) is 0 Å². The molecule has 1 saturated heterocycles. The third-order valence-corrected chi connectivity index (χ3v) is 4.63. The Morgan fingerprint density at radius 2 is 2.12 bits per heavy atom. The van der Waals surface area contributed by atoms with Crippen molar-refractivity contribution in [1.29, 1.82) is 0 Å². The second kappa shape index (κ2) is 5.79. The van der Waals surface area contributed by atoms with Crippen LogP contribution in [0.4, 0.5) is 0 Å². The SMILES string of the molecule is O=C(c1ccc2[nH]c(=O)[nH]c2n1)N1CCC(c2cccc(Cl)c2)C1. The lowest BCUT2D eigenvalue weighted by atomic mass is 9.99. The summed E-state index contributed by atoms with van der Waals surface area (Å²) in [4.78, 5) is 35.2. The summed E-state index contributed by atoms with van der Waals surface area (Å²) >= 11 is 6.05. The number of likely N-dealkylation sites (tertiary alicyclic amines) is 1. The van der Waals surface area contributed by atoms with Gasteiger partial charge in [-0.15, -0.1) is 0 Å². The summed E-state index contributed by atoms with van der Waals surface area (Å²) in [6, 6.07) is 11.1. The molecular weight excluding hydrogens is 328 g/mol. The molecule has 1 aromatic carbocycles. The number of pyridine rings is 1. The Morgan fingerprint density at radius 3 is 2.96 bits per heavy atom. The number of H-pyrrole nitrogens is 2. The number of benzene rings is 1. The summed E-state index contributed by atoms with van der Waals surface area (Å²) in [5, 5.41) is 0.709. The predicted octanol–water partition coefficient (Wildman–Crippen LogP) is 2.53. The van der Waals surface area contributed by atoms with E-state index in [1.807, 2.05) is 24.3 Å². The second-order valence-corrected chi connectivity index (χ2v) is 6.40. The van der Waals surface area contributed by atoms with Crippen molar-refractivity contribution in [3.8, 4) is 0 Å². The van der Waals surface area contributed by atoms with Gasteiger partial charge in [-0.2, -0.15) is 0 Å². The van der Waals surface area contributed by atoms with Crippen molar-refractivity contribution >= 4 is 28.7 Å². The number of aromatic nitrogens is 3.